The molecule has 3 amide bonds. The fourth-order valence-electron chi connectivity index (χ4n) is 2.62. The number of H-pyrrole nitrogens is 1. The number of nitrogens with two attached hydrogens (primary N) is 1. The fraction of sp³-hybridized carbons (Fsp3) is 0.556. The first-order valence-electron chi connectivity index (χ1n) is 9.83. The Morgan fingerprint density at radius 3 is 2.18 bits per heavy atom. The van der Waals surface area contributed by atoms with Crippen LogP contribution in [-0.4, -0.2) is 91.0 Å². The monoisotopic (exact) mass is 488 g/mol. The van der Waals surface area contributed by atoms with E-state index in [1.165, 1.54) is 19.4 Å². The van der Waals surface area contributed by atoms with Gasteiger partial charge in [-0.1, -0.05) is 0 Å². The highest BCUT2D eigenvalue weighted by Gasteiger charge is 2.32. The minimum atomic E-state index is -1.62. The van der Waals surface area contributed by atoms with E-state index in [9.17, 15) is 34.2 Å². The van der Waals surface area contributed by atoms with Gasteiger partial charge in [0.15, 0.2) is 6.04 Å². The fourth-order valence-corrected chi connectivity index (χ4v) is 2.88. The van der Waals surface area contributed by atoms with E-state index in [2.05, 4.69) is 38.5 Å². The number of carboxylic acids is 2. The number of thiol groups is 1. The van der Waals surface area contributed by atoms with Gasteiger partial charge in [0.1, 0.15) is 12.1 Å². The molecule has 0 bridgehead atoms. The van der Waals surface area contributed by atoms with Gasteiger partial charge in [-0.2, -0.15) is 12.6 Å². The number of aliphatic hydroxyl groups is 1. The van der Waals surface area contributed by atoms with Crippen molar-refractivity contribution < 1.29 is 39.3 Å². The van der Waals surface area contributed by atoms with Gasteiger partial charge in [0, 0.05) is 30.5 Å². The molecule has 184 valence electrons. The van der Waals surface area contributed by atoms with E-state index in [4.69, 9.17) is 10.8 Å². The summed E-state index contributed by atoms with van der Waals surface area (Å²) in [4.78, 5) is 66.1. The number of carbonyl (C=O) groups is 5. The summed E-state index contributed by atoms with van der Waals surface area (Å²) in [5.74, 6) is -5.26. The largest absolute Gasteiger partial charge is 0.481 e. The van der Waals surface area contributed by atoms with E-state index >= 15 is 0 Å². The summed E-state index contributed by atoms with van der Waals surface area (Å²) < 4.78 is 0. The highest BCUT2D eigenvalue weighted by atomic mass is 32.1. The molecule has 1 heterocycles. The molecular formula is C18H28N6O8S. The standard InChI is InChI=1S/C18H28N6O8S/c1-8(25)14(18(31)32)24-16(29)11(4-9-5-20-7-21-9)22-17(30)12(6-33)23-15(28)10(19)2-3-13(26)27/h5,7-8,10-12,14,25,33H,2-4,6,19H2,1H3,(H,20,21)(H,22,30)(H,23,28)(H,24,29)(H,26,27)(H,31,32). The SMILES string of the molecule is CC(O)C(NC(=O)C(Cc1cnc[nH]1)NC(=O)C(CS)NC(=O)C(N)CCC(=O)O)C(=O)O. The van der Waals surface area contributed by atoms with Crippen LogP contribution in [0, 0.1) is 0 Å². The number of amides is 3. The number of hydrogen-bond acceptors (Lipinski definition) is 9. The van der Waals surface area contributed by atoms with Gasteiger partial charge in [-0.3, -0.25) is 19.2 Å². The number of aliphatic hydroxyl groups excluding tert-OH is 1. The van der Waals surface area contributed by atoms with Crippen LogP contribution in [0.1, 0.15) is 25.5 Å². The van der Waals surface area contributed by atoms with Gasteiger partial charge in [-0.05, 0) is 13.3 Å². The molecule has 14 nitrogen and oxygen atoms in total. The lowest BCUT2D eigenvalue weighted by Gasteiger charge is -2.25. The molecule has 0 saturated heterocycles. The van der Waals surface area contributed by atoms with Gasteiger partial charge in [-0.25, -0.2) is 9.78 Å². The van der Waals surface area contributed by atoms with Crippen molar-refractivity contribution in [2.45, 2.75) is 56.5 Å². The molecule has 0 aliphatic rings. The molecule has 0 aliphatic carbocycles. The number of nitrogens with one attached hydrogen (secondary N) is 4. The van der Waals surface area contributed by atoms with Crippen LogP contribution in [0.2, 0.25) is 0 Å². The molecule has 0 radical (unpaired) electrons. The van der Waals surface area contributed by atoms with E-state index in [0.717, 1.165) is 0 Å². The third-order valence-corrected chi connectivity index (χ3v) is 4.84. The molecule has 15 heteroatoms. The summed E-state index contributed by atoms with van der Waals surface area (Å²) in [6.45, 7) is 1.18. The molecule has 5 atom stereocenters. The molecule has 0 fully saturated rings. The van der Waals surface area contributed by atoms with Crippen LogP contribution in [0.15, 0.2) is 12.5 Å². The molecule has 0 saturated carbocycles. The maximum Gasteiger partial charge on any atom is 0.328 e. The van der Waals surface area contributed by atoms with E-state index in [1.807, 2.05) is 0 Å². The van der Waals surface area contributed by atoms with Gasteiger partial charge >= 0.3 is 11.9 Å². The van der Waals surface area contributed by atoms with Crippen LogP contribution in [0.4, 0.5) is 0 Å². The summed E-state index contributed by atoms with van der Waals surface area (Å²) in [7, 11) is 0. The number of carboxylic acid groups (broad SMARTS) is 2. The summed E-state index contributed by atoms with van der Waals surface area (Å²) in [6.07, 6.45) is 0.739. The zero-order chi connectivity index (χ0) is 25.1. The average Bonchev–Trinajstić information content (AvgIpc) is 3.25. The van der Waals surface area contributed by atoms with Crippen LogP contribution in [0.25, 0.3) is 0 Å². The van der Waals surface area contributed by atoms with Gasteiger partial charge in [0.05, 0.1) is 18.5 Å². The first-order valence-corrected chi connectivity index (χ1v) is 10.5. The number of hydrogen-bond donors (Lipinski definition) is 9. The number of carbonyl (C=O) groups excluding carboxylic acids is 3. The van der Waals surface area contributed by atoms with E-state index in [0.29, 0.717) is 5.69 Å². The number of imidazole rings is 1. The maximum absolute atomic E-state index is 12.7. The molecule has 0 aromatic carbocycles. The number of rotatable bonds is 14. The van der Waals surface area contributed by atoms with Gasteiger partial charge < -0.3 is 42.0 Å². The Bertz CT molecular complexity index is 834. The number of aromatic amines is 1. The molecule has 9 N–H and O–H groups in total. The second-order valence-electron chi connectivity index (χ2n) is 7.19. The lowest BCUT2D eigenvalue weighted by molar-refractivity contribution is -0.145. The van der Waals surface area contributed by atoms with Crippen molar-refractivity contribution >= 4 is 42.3 Å². The highest BCUT2D eigenvalue weighted by Crippen LogP contribution is 2.03. The van der Waals surface area contributed by atoms with E-state index < -0.39 is 59.9 Å². The molecule has 1 rings (SSSR count). The smallest absolute Gasteiger partial charge is 0.328 e. The Kier molecular flexibility index (Phi) is 11.3. The third kappa shape index (κ3) is 9.46. The Balaban J connectivity index is 2.92. The Morgan fingerprint density at radius 2 is 1.70 bits per heavy atom. The van der Waals surface area contributed by atoms with Crippen LogP contribution >= 0.6 is 12.6 Å². The van der Waals surface area contributed by atoms with Crippen molar-refractivity contribution in [1.29, 1.82) is 0 Å². The second kappa shape index (κ2) is 13.4. The molecule has 5 unspecified atom stereocenters. The molecule has 1 aromatic heterocycles. The van der Waals surface area contributed by atoms with Crippen molar-refractivity contribution in [3.63, 3.8) is 0 Å². The first kappa shape index (κ1) is 27.9. The molecule has 1 aromatic rings. The molecule has 0 spiro atoms. The summed E-state index contributed by atoms with van der Waals surface area (Å²) in [5.41, 5.74) is 6.08. The van der Waals surface area contributed by atoms with Crippen LogP contribution in [0.3, 0.4) is 0 Å². The topological polar surface area (TPSA) is 237 Å². The normalized spacial score (nSPS) is 15.4. The van der Waals surface area contributed by atoms with Crippen LogP contribution in [-0.2, 0) is 30.4 Å². The zero-order valence-electron chi connectivity index (χ0n) is 17.7. The third-order valence-electron chi connectivity index (χ3n) is 4.48. The molecule has 33 heavy (non-hydrogen) atoms. The van der Waals surface area contributed by atoms with Crippen LogP contribution < -0.4 is 21.7 Å². The lowest BCUT2D eigenvalue weighted by Crippen LogP contribution is -2.59. The Morgan fingerprint density at radius 1 is 1.09 bits per heavy atom. The maximum atomic E-state index is 12.7. The van der Waals surface area contributed by atoms with Gasteiger partial charge in [0.2, 0.25) is 17.7 Å². The Labute approximate surface area is 194 Å². The van der Waals surface area contributed by atoms with E-state index in [-0.39, 0.29) is 25.0 Å². The number of nitrogens with zero attached hydrogens (tertiary/aromatic N) is 1. The van der Waals surface area contributed by atoms with Crippen LogP contribution in [0.5, 0.6) is 0 Å². The molecular weight excluding hydrogens is 460 g/mol. The van der Waals surface area contributed by atoms with Crippen molar-refractivity contribution in [1.82, 2.24) is 25.9 Å². The predicted molar refractivity (Wildman–Crippen MR) is 116 cm³/mol. The quantitative estimate of drug-likeness (QED) is 0.120. The van der Waals surface area contributed by atoms with Gasteiger partial charge in [-0.15, -0.1) is 0 Å². The summed E-state index contributed by atoms with van der Waals surface area (Å²) in [6, 6.07) is -5.31. The number of aliphatic carboxylic acids is 2. The molecule has 0 aliphatic heterocycles. The predicted octanol–water partition coefficient (Wildman–Crippen LogP) is -3.01. The summed E-state index contributed by atoms with van der Waals surface area (Å²) >= 11 is 4.02. The van der Waals surface area contributed by atoms with E-state index in [1.54, 1.807) is 0 Å². The van der Waals surface area contributed by atoms with Crippen molar-refractivity contribution in [3.05, 3.63) is 18.2 Å². The lowest BCUT2D eigenvalue weighted by atomic mass is 10.1. The average molecular weight is 489 g/mol. The second-order valence-corrected chi connectivity index (χ2v) is 7.56. The minimum Gasteiger partial charge on any atom is -0.481 e. The van der Waals surface area contributed by atoms with Crippen molar-refractivity contribution in [2.75, 3.05) is 5.75 Å². The van der Waals surface area contributed by atoms with Crippen molar-refractivity contribution in [3.8, 4) is 0 Å². The zero-order valence-corrected chi connectivity index (χ0v) is 18.6. The minimum absolute atomic E-state index is 0.102. The number of aromatic nitrogens is 2. The van der Waals surface area contributed by atoms with Gasteiger partial charge in [0.25, 0.3) is 0 Å². The highest BCUT2D eigenvalue weighted by molar-refractivity contribution is 7.80. The Hall–Kier alpha value is -3.17. The summed E-state index contributed by atoms with van der Waals surface area (Å²) in [5, 5.41) is 34.4. The first-order chi connectivity index (χ1) is 15.5. The van der Waals surface area contributed by atoms with Crippen molar-refractivity contribution in [2.24, 2.45) is 5.73 Å².